The molecule has 0 amide bonds. The van der Waals surface area contributed by atoms with E-state index in [1.807, 2.05) is 18.2 Å². The second kappa shape index (κ2) is 7.33. The van der Waals surface area contributed by atoms with Gasteiger partial charge in [0.25, 0.3) is 0 Å². The summed E-state index contributed by atoms with van der Waals surface area (Å²) in [5.74, 6) is 0.610. The van der Waals surface area contributed by atoms with Crippen LogP contribution in [-0.2, 0) is 6.54 Å². The first kappa shape index (κ1) is 15.7. The summed E-state index contributed by atoms with van der Waals surface area (Å²) in [4.78, 5) is 2.26. The van der Waals surface area contributed by atoms with E-state index in [1.165, 1.54) is 0 Å². The van der Waals surface area contributed by atoms with Gasteiger partial charge in [0.05, 0.1) is 0 Å². The Morgan fingerprint density at radius 3 is 2.48 bits per heavy atom. The lowest BCUT2D eigenvalue weighted by Gasteiger charge is -2.28. The molecule has 5 heteroatoms. The van der Waals surface area contributed by atoms with Crippen LogP contribution in [0.3, 0.4) is 0 Å². The van der Waals surface area contributed by atoms with E-state index in [9.17, 15) is 0 Å². The smallest absolute Gasteiger partial charge is 0.117 e. The zero-order chi connectivity index (χ0) is 15.2. The number of hydrogen-bond donors (Lipinski definition) is 2. The average molecular weight is 287 g/mol. The van der Waals surface area contributed by atoms with Crippen LogP contribution in [0, 0.1) is 5.92 Å². The second-order valence-electron chi connectivity index (χ2n) is 5.89. The Labute approximate surface area is 126 Å². The van der Waals surface area contributed by atoms with Gasteiger partial charge in [-0.25, -0.2) is 0 Å². The van der Waals surface area contributed by atoms with E-state index in [0.717, 1.165) is 30.0 Å². The molecule has 0 aliphatic carbocycles. The van der Waals surface area contributed by atoms with Crippen molar-refractivity contribution in [3.8, 4) is 11.3 Å². The number of likely N-dealkylation sites (N-methyl/N-ethyl adjacent to an activating group) is 1. The molecule has 1 aromatic heterocycles. The Kier molecular flexibility index (Phi) is 5.47. The Hall–Kier alpha value is -1.72. The van der Waals surface area contributed by atoms with Crippen molar-refractivity contribution in [2.45, 2.75) is 26.4 Å². The van der Waals surface area contributed by atoms with Gasteiger partial charge in [-0.05, 0) is 20.0 Å². The van der Waals surface area contributed by atoms with E-state index in [2.05, 4.69) is 65.7 Å². The van der Waals surface area contributed by atoms with Crippen LogP contribution in [0.15, 0.2) is 30.3 Å². The quantitative estimate of drug-likeness (QED) is 0.819. The number of hydrogen-bond acceptors (Lipinski definition) is 4. The molecule has 0 aliphatic rings. The molecular weight excluding hydrogens is 262 g/mol. The summed E-state index contributed by atoms with van der Waals surface area (Å²) in [6.07, 6.45) is 0. The summed E-state index contributed by atoms with van der Waals surface area (Å²) < 4.78 is 0. The van der Waals surface area contributed by atoms with Gasteiger partial charge in [-0.3, -0.25) is 0 Å². The topological polar surface area (TPSA) is 56.8 Å². The summed E-state index contributed by atoms with van der Waals surface area (Å²) in [7, 11) is 4.25. The fourth-order valence-electron chi connectivity index (χ4n) is 2.56. The van der Waals surface area contributed by atoms with Crippen molar-refractivity contribution >= 4 is 0 Å². The van der Waals surface area contributed by atoms with Crippen LogP contribution in [0.4, 0.5) is 0 Å². The van der Waals surface area contributed by atoms with Gasteiger partial charge >= 0.3 is 0 Å². The molecule has 2 N–H and O–H groups in total. The van der Waals surface area contributed by atoms with Crippen molar-refractivity contribution in [3.63, 3.8) is 0 Å². The maximum absolute atomic E-state index is 4.27. The van der Waals surface area contributed by atoms with E-state index in [-0.39, 0.29) is 0 Å². The molecule has 0 saturated carbocycles. The maximum Gasteiger partial charge on any atom is 0.117 e. The van der Waals surface area contributed by atoms with Crippen molar-refractivity contribution in [1.29, 1.82) is 0 Å². The summed E-state index contributed by atoms with van der Waals surface area (Å²) in [5, 5.41) is 14.8. The van der Waals surface area contributed by atoms with Crippen LogP contribution < -0.4 is 5.32 Å². The van der Waals surface area contributed by atoms with Gasteiger partial charge in [0.1, 0.15) is 11.4 Å². The molecule has 2 rings (SSSR count). The SMILES string of the molecule is CC(C)C(CNCc1n[nH]nc1-c1ccccc1)N(C)C. The first-order valence-corrected chi connectivity index (χ1v) is 7.41. The van der Waals surface area contributed by atoms with E-state index in [4.69, 9.17) is 0 Å². The van der Waals surface area contributed by atoms with Crippen LogP contribution in [0.5, 0.6) is 0 Å². The zero-order valence-corrected chi connectivity index (χ0v) is 13.3. The first-order valence-electron chi connectivity index (χ1n) is 7.41. The van der Waals surface area contributed by atoms with Gasteiger partial charge in [0, 0.05) is 24.7 Å². The third-order valence-electron chi connectivity index (χ3n) is 3.75. The number of aromatic amines is 1. The van der Waals surface area contributed by atoms with Crippen LogP contribution in [0.2, 0.25) is 0 Å². The molecule has 21 heavy (non-hydrogen) atoms. The third kappa shape index (κ3) is 4.12. The molecule has 0 spiro atoms. The van der Waals surface area contributed by atoms with Gasteiger partial charge in [0.15, 0.2) is 0 Å². The predicted octanol–water partition coefficient (Wildman–Crippen LogP) is 2.15. The van der Waals surface area contributed by atoms with Crippen LogP contribution in [-0.4, -0.2) is 47.0 Å². The lowest BCUT2D eigenvalue weighted by Crippen LogP contribution is -2.41. The number of H-pyrrole nitrogens is 1. The predicted molar refractivity (Wildman–Crippen MR) is 85.8 cm³/mol. The highest BCUT2D eigenvalue weighted by Gasteiger charge is 2.16. The molecule has 114 valence electrons. The van der Waals surface area contributed by atoms with E-state index >= 15 is 0 Å². The van der Waals surface area contributed by atoms with E-state index < -0.39 is 0 Å². The first-order chi connectivity index (χ1) is 10.1. The number of benzene rings is 1. The molecule has 1 aromatic carbocycles. The molecular formula is C16H25N5. The number of nitrogens with zero attached hydrogens (tertiary/aromatic N) is 3. The molecule has 2 aromatic rings. The van der Waals surface area contributed by atoms with E-state index in [0.29, 0.717) is 12.0 Å². The maximum atomic E-state index is 4.27. The Morgan fingerprint density at radius 2 is 1.86 bits per heavy atom. The summed E-state index contributed by atoms with van der Waals surface area (Å²) in [5.41, 5.74) is 2.98. The van der Waals surface area contributed by atoms with Gasteiger partial charge in [-0.1, -0.05) is 44.2 Å². The minimum absolute atomic E-state index is 0.511. The Morgan fingerprint density at radius 1 is 1.14 bits per heavy atom. The highest BCUT2D eigenvalue weighted by Crippen LogP contribution is 2.18. The summed E-state index contributed by atoms with van der Waals surface area (Å²) in [6, 6.07) is 10.7. The minimum Gasteiger partial charge on any atom is -0.309 e. The standard InChI is InChI=1S/C16H25N5/c1-12(2)15(21(3)4)11-17-10-14-16(19-20-18-14)13-8-6-5-7-9-13/h5-9,12,15,17H,10-11H2,1-4H3,(H,18,19,20). The van der Waals surface area contributed by atoms with Gasteiger partial charge in [-0.15, -0.1) is 0 Å². The Balaban J connectivity index is 1.97. The van der Waals surface area contributed by atoms with Crippen LogP contribution >= 0.6 is 0 Å². The molecule has 0 aliphatic heterocycles. The number of rotatable bonds is 7. The average Bonchev–Trinajstić information content (AvgIpc) is 2.92. The fraction of sp³-hybridized carbons (Fsp3) is 0.500. The van der Waals surface area contributed by atoms with Gasteiger partial charge in [-0.2, -0.15) is 15.4 Å². The lowest BCUT2D eigenvalue weighted by atomic mass is 10.0. The highest BCUT2D eigenvalue weighted by molar-refractivity contribution is 5.60. The van der Waals surface area contributed by atoms with Crippen LogP contribution in [0.25, 0.3) is 11.3 Å². The number of nitrogens with one attached hydrogen (secondary N) is 2. The lowest BCUT2D eigenvalue weighted by molar-refractivity contribution is 0.224. The minimum atomic E-state index is 0.511. The molecule has 1 atom stereocenters. The van der Waals surface area contributed by atoms with Crippen molar-refractivity contribution in [2.75, 3.05) is 20.6 Å². The van der Waals surface area contributed by atoms with Gasteiger partial charge in [0.2, 0.25) is 0 Å². The summed E-state index contributed by atoms with van der Waals surface area (Å²) in [6.45, 7) is 6.15. The highest BCUT2D eigenvalue weighted by atomic mass is 15.3. The Bertz CT molecular complexity index is 525. The fourth-order valence-corrected chi connectivity index (χ4v) is 2.56. The molecule has 5 nitrogen and oxygen atoms in total. The monoisotopic (exact) mass is 287 g/mol. The van der Waals surface area contributed by atoms with Crippen molar-refractivity contribution < 1.29 is 0 Å². The molecule has 0 fully saturated rings. The normalized spacial score (nSPS) is 13.0. The third-order valence-corrected chi connectivity index (χ3v) is 3.75. The molecule has 0 radical (unpaired) electrons. The number of aromatic nitrogens is 3. The van der Waals surface area contributed by atoms with Crippen molar-refractivity contribution in [1.82, 2.24) is 25.6 Å². The van der Waals surface area contributed by atoms with Crippen molar-refractivity contribution in [3.05, 3.63) is 36.0 Å². The zero-order valence-electron chi connectivity index (χ0n) is 13.3. The van der Waals surface area contributed by atoms with Crippen LogP contribution in [0.1, 0.15) is 19.5 Å². The van der Waals surface area contributed by atoms with Gasteiger partial charge < -0.3 is 10.2 Å². The van der Waals surface area contributed by atoms with E-state index in [1.54, 1.807) is 0 Å². The van der Waals surface area contributed by atoms with Crippen molar-refractivity contribution in [2.24, 2.45) is 5.92 Å². The molecule has 0 bridgehead atoms. The largest absolute Gasteiger partial charge is 0.309 e. The summed E-state index contributed by atoms with van der Waals surface area (Å²) >= 11 is 0. The second-order valence-corrected chi connectivity index (χ2v) is 5.89. The molecule has 1 unspecified atom stereocenters. The molecule has 0 saturated heterocycles. The molecule has 1 heterocycles.